The van der Waals surface area contributed by atoms with Crippen molar-refractivity contribution in [3.63, 3.8) is 0 Å². The molecule has 9 heteroatoms. The van der Waals surface area contributed by atoms with E-state index in [1.807, 2.05) is 5.48 Å². The molecular formula is C14H18N4O5. The van der Waals surface area contributed by atoms with Gasteiger partial charge in [0.25, 0.3) is 0 Å². The largest absolute Gasteiger partial charge is 0.394 e. The molecule has 3 rings (SSSR count). The molecule has 0 spiro atoms. The van der Waals surface area contributed by atoms with Crippen LogP contribution in [-0.2, 0) is 4.74 Å². The van der Waals surface area contributed by atoms with Crippen LogP contribution in [0.15, 0.2) is 19.1 Å². The lowest BCUT2D eigenvalue weighted by atomic mass is 9.96. The van der Waals surface area contributed by atoms with E-state index >= 15 is 0 Å². The fourth-order valence-electron chi connectivity index (χ4n) is 2.92. The van der Waals surface area contributed by atoms with E-state index in [1.54, 1.807) is 12.3 Å². The average Bonchev–Trinajstić information content (AvgIpc) is 3.03. The van der Waals surface area contributed by atoms with E-state index in [4.69, 9.17) is 4.74 Å². The number of anilines is 1. The molecule has 0 radical (unpaired) electrons. The van der Waals surface area contributed by atoms with E-state index in [2.05, 4.69) is 16.5 Å². The number of aliphatic hydroxyl groups excluding tert-OH is 2. The van der Waals surface area contributed by atoms with E-state index in [9.17, 15) is 20.5 Å². The first kappa shape index (κ1) is 15.8. The van der Waals surface area contributed by atoms with E-state index in [0.29, 0.717) is 16.6 Å². The predicted octanol–water partition coefficient (Wildman–Crippen LogP) is -0.123. The minimum Gasteiger partial charge on any atom is -0.394 e. The number of hydrogen-bond acceptors (Lipinski definition) is 8. The number of aromatic nitrogens is 3. The van der Waals surface area contributed by atoms with Crippen molar-refractivity contribution in [2.45, 2.75) is 31.0 Å². The molecular weight excluding hydrogens is 304 g/mol. The Kier molecular flexibility index (Phi) is 3.82. The number of nitrogens with one attached hydrogen (secondary N) is 1. The molecule has 1 saturated heterocycles. The van der Waals surface area contributed by atoms with Crippen molar-refractivity contribution in [1.29, 1.82) is 0 Å². The van der Waals surface area contributed by atoms with Gasteiger partial charge < -0.3 is 24.6 Å². The van der Waals surface area contributed by atoms with Gasteiger partial charge >= 0.3 is 0 Å². The van der Waals surface area contributed by atoms with Crippen LogP contribution in [0.1, 0.15) is 18.7 Å². The highest BCUT2D eigenvalue weighted by molar-refractivity contribution is 5.95. The maximum absolute atomic E-state index is 10.6. The Morgan fingerprint density at radius 1 is 1.52 bits per heavy atom. The zero-order valence-corrected chi connectivity index (χ0v) is 12.4. The number of ether oxygens (including phenoxy) is 1. The van der Waals surface area contributed by atoms with Crippen molar-refractivity contribution in [2.24, 2.45) is 0 Å². The van der Waals surface area contributed by atoms with Gasteiger partial charge in [-0.3, -0.25) is 10.7 Å². The highest BCUT2D eigenvalue weighted by Gasteiger charge is 2.53. The van der Waals surface area contributed by atoms with Crippen LogP contribution in [0.5, 0.6) is 0 Å². The van der Waals surface area contributed by atoms with Crippen LogP contribution < -0.4 is 5.48 Å². The molecule has 1 fully saturated rings. The van der Waals surface area contributed by atoms with E-state index in [-0.39, 0.29) is 5.82 Å². The zero-order valence-electron chi connectivity index (χ0n) is 12.4. The maximum atomic E-state index is 10.6. The topological polar surface area (TPSA) is 133 Å². The van der Waals surface area contributed by atoms with Crippen LogP contribution >= 0.6 is 0 Å². The van der Waals surface area contributed by atoms with Crippen LogP contribution in [0.25, 0.3) is 17.1 Å². The first-order valence-electron chi connectivity index (χ1n) is 7.00. The van der Waals surface area contributed by atoms with Crippen molar-refractivity contribution in [3.05, 3.63) is 24.7 Å². The molecule has 0 bridgehead atoms. The monoisotopic (exact) mass is 322 g/mol. The van der Waals surface area contributed by atoms with Crippen molar-refractivity contribution in [2.75, 3.05) is 12.1 Å². The summed E-state index contributed by atoms with van der Waals surface area (Å²) < 4.78 is 7.12. The SMILES string of the molecule is C=Cc1cn(C2OC(CO)[C@@H](O)[C@@]2(C)O)c2ncnc(NO)c12. The third-order valence-electron chi connectivity index (χ3n) is 4.15. The van der Waals surface area contributed by atoms with Gasteiger partial charge in [0.2, 0.25) is 0 Å². The number of fused-ring (bicyclic) bond motifs is 1. The van der Waals surface area contributed by atoms with Gasteiger partial charge in [0.15, 0.2) is 12.0 Å². The van der Waals surface area contributed by atoms with Crippen molar-refractivity contribution in [1.82, 2.24) is 14.5 Å². The standard InChI is InChI=1S/C14H18N4O5/c1-3-7-4-18(12-9(7)11(17-22)15-6-16-12)13-14(2,21)10(20)8(5-19)23-13/h3-4,6,8,10,13,19-22H,1,5H2,2H3,(H,15,16,17)/t8?,10-,13?,14-/m1/s1. The van der Waals surface area contributed by atoms with Crippen molar-refractivity contribution < 1.29 is 25.3 Å². The van der Waals surface area contributed by atoms with Gasteiger partial charge in [-0.1, -0.05) is 12.7 Å². The quantitative estimate of drug-likeness (QED) is 0.492. The van der Waals surface area contributed by atoms with E-state index in [0.717, 1.165) is 0 Å². The van der Waals surface area contributed by atoms with Crippen LogP contribution in [0.3, 0.4) is 0 Å². The summed E-state index contributed by atoms with van der Waals surface area (Å²) in [6, 6.07) is 0. The third kappa shape index (κ3) is 2.21. The Morgan fingerprint density at radius 2 is 2.26 bits per heavy atom. The summed E-state index contributed by atoms with van der Waals surface area (Å²) in [7, 11) is 0. The molecule has 9 nitrogen and oxygen atoms in total. The molecule has 0 saturated carbocycles. The number of rotatable bonds is 4. The Balaban J connectivity index is 2.19. The van der Waals surface area contributed by atoms with Crippen LogP contribution in [-0.4, -0.2) is 59.5 Å². The molecule has 23 heavy (non-hydrogen) atoms. The third-order valence-corrected chi connectivity index (χ3v) is 4.15. The molecule has 2 aromatic rings. The molecule has 4 atom stereocenters. The molecule has 5 N–H and O–H groups in total. The molecule has 3 heterocycles. The number of aliphatic hydroxyl groups is 3. The van der Waals surface area contributed by atoms with Gasteiger partial charge in [0.05, 0.1) is 12.0 Å². The summed E-state index contributed by atoms with van der Waals surface area (Å²) >= 11 is 0. The maximum Gasteiger partial charge on any atom is 0.167 e. The van der Waals surface area contributed by atoms with Gasteiger partial charge in [0, 0.05) is 11.8 Å². The smallest absolute Gasteiger partial charge is 0.167 e. The van der Waals surface area contributed by atoms with E-state index in [1.165, 1.54) is 17.8 Å². The van der Waals surface area contributed by atoms with Crippen LogP contribution in [0.4, 0.5) is 5.82 Å². The Bertz CT molecular complexity index is 744. The fourth-order valence-corrected chi connectivity index (χ4v) is 2.92. The van der Waals surface area contributed by atoms with Crippen molar-refractivity contribution >= 4 is 22.9 Å². The summed E-state index contributed by atoms with van der Waals surface area (Å²) in [5, 5.41) is 39.7. The number of hydrogen-bond donors (Lipinski definition) is 5. The lowest BCUT2D eigenvalue weighted by molar-refractivity contribution is -0.0948. The first-order chi connectivity index (χ1) is 11.0. The predicted molar refractivity (Wildman–Crippen MR) is 80.7 cm³/mol. The normalized spacial score (nSPS) is 30.7. The Morgan fingerprint density at radius 3 is 2.83 bits per heavy atom. The molecule has 1 aliphatic heterocycles. The molecule has 0 amide bonds. The van der Waals surface area contributed by atoms with Crippen LogP contribution in [0, 0.1) is 0 Å². The highest BCUT2D eigenvalue weighted by Crippen LogP contribution is 2.41. The summed E-state index contributed by atoms with van der Waals surface area (Å²) in [6.45, 7) is 4.70. The molecule has 124 valence electrons. The van der Waals surface area contributed by atoms with E-state index < -0.39 is 30.6 Å². The van der Waals surface area contributed by atoms with Gasteiger partial charge in [-0.05, 0) is 6.92 Å². The minimum absolute atomic E-state index is 0.181. The van der Waals surface area contributed by atoms with Crippen LogP contribution in [0.2, 0.25) is 0 Å². The fraction of sp³-hybridized carbons (Fsp3) is 0.429. The molecule has 0 aromatic carbocycles. The second kappa shape index (κ2) is 5.55. The summed E-state index contributed by atoms with van der Waals surface area (Å²) in [5.74, 6) is 0.181. The summed E-state index contributed by atoms with van der Waals surface area (Å²) in [5.41, 5.74) is 1.34. The second-order valence-corrected chi connectivity index (χ2v) is 5.61. The zero-order chi connectivity index (χ0) is 16.8. The minimum atomic E-state index is -1.64. The Labute approximate surface area is 131 Å². The highest BCUT2D eigenvalue weighted by atomic mass is 16.6. The van der Waals surface area contributed by atoms with Gasteiger partial charge in [-0.15, -0.1) is 0 Å². The van der Waals surface area contributed by atoms with Gasteiger partial charge in [0.1, 0.15) is 29.8 Å². The molecule has 2 aromatic heterocycles. The number of nitrogens with zero attached hydrogens (tertiary/aromatic N) is 3. The van der Waals surface area contributed by atoms with Crippen molar-refractivity contribution in [3.8, 4) is 0 Å². The molecule has 1 aliphatic rings. The lowest BCUT2D eigenvalue weighted by Crippen LogP contribution is -2.44. The summed E-state index contributed by atoms with van der Waals surface area (Å²) in [6.07, 6.45) is 1.25. The molecule has 0 aliphatic carbocycles. The second-order valence-electron chi connectivity index (χ2n) is 5.61. The van der Waals surface area contributed by atoms with Gasteiger partial charge in [-0.2, -0.15) is 0 Å². The average molecular weight is 322 g/mol. The molecule has 2 unspecified atom stereocenters. The first-order valence-corrected chi connectivity index (χ1v) is 7.00. The van der Waals surface area contributed by atoms with Gasteiger partial charge in [-0.25, -0.2) is 9.97 Å². The summed E-state index contributed by atoms with van der Waals surface area (Å²) in [4.78, 5) is 8.09. The Hall–Kier alpha value is -2.04. The lowest BCUT2D eigenvalue weighted by Gasteiger charge is -2.27.